The van der Waals surface area contributed by atoms with Crippen molar-refractivity contribution in [1.29, 1.82) is 0 Å². The molecule has 0 fully saturated rings. The average Bonchev–Trinajstić information content (AvgIpc) is 2.75. The summed E-state index contributed by atoms with van der Waals surface area (Å²) in [7, 11) is -3.88. The minimum atomic E-state index is -3.88. The van der Waals surface area contributed by atoms with Crippen LogP contribution in [0.5, 0.6) is 0 Å². The van der Waals surface area contributed by atoms with E-state index in [4.69, 9.17) is 5.73 Å². The summed E-state index contributed by atoms with van der Waals surface area (Å²) in [5.74, 6) is 0. The molecule has 3 N–H and O–H groups in total. The van der Waals surface area contributed by atoms with E-state index in [1.54, 1.807) is 24.3 Å². The molecule has 1 aromatic heterocycles. The predicted octanol–water partition coefficient (Wildman–Crippen LogP) is 2.35. The lowest BCUT2D eigenvalue weighted by atomic mass is 10.2. The SMILES string of the molecule is Cc1ccc(NS(=O)(=O)c2cc([N+](=O)[O-])c(N)s2)cc1. The minimum absolute atomic E-state index is 0.140. The van der Waals surface area contributed by atoms with Crippen molar-refractivity contribution < 1.29 is 13.3 Å². The van der Waals surface area contributed by atoms with E-state index >= 15 is 0 Å². The number of nitrogens with two attached hydrogens (primary N) is 1. The van der Waals surface area contributed by atoms with Gasteiger partial charge in [0, 0.05) is 11.8 Å². The van der Waals surface area contributed by atoms with Crippen LogP contribution in [-0.4, -0.2) is 13.3 Å². The van der Waals surface area contributed by atoms with Crippen molar-refractivity contribution in [3.63, 3.8) is 0 Å². The first-order chi connectivity index (χ1) is 9.29. The fraction of sp³-hybridized carbons (Fsp3) is 0.0909. The number of nitrogens with one attached hydrogen (secondary N) is 1. The lowest BCUT2D eigenvalue weighted by Crippen LogP contribution is -2.11. The van der Waals surface area contributed by atoms with Gasteiger partial charge in [-0.2, -0.15) is 0 Å². The highest BCUT2D eigenvalue weighted by Gasteiger charge is 2.24. The summed E-state index contributed by atoms with van der Waals surface area (Å²) in [5, 5.41) is 10.5. The molecule has 0 saturated carbocycles. The van der Waals surface area contributed by atoms with E-state index in [1.165, 1.54) is 0 Å². The van der Waals surface area contributed by atoms with Gasteiger partial charge in [0.25, 0.3) is 10.0 Å². The Balaban J connectivity index is 2.33. The molecule has 7 nitrogen and oxygen atoms in total. The number of sulfonamides is 1. The monoisotopic (exact) mass is 313 g/mol. The molecule has 106 valence electrons. The van der Waals surface area contributed by atoms with Crippen LogP contribution in [0.2, 0.25) is 0 Å². The molecule has 0 unspecified atom stereocenters. The summed E-state index contributed by atoms with van der Waals surface area (Å²) in [6, 6.07) is 7.68. The molecule has 1 aromatic carbocycles. The molecule has 0 atom stereocenters. The van der Waals surface area contributed by atoms with E-state index < -0.39 is 20.6 Å². The van der Waals surface area contributed by atoms with Crippen molar-refractivity contribution in [3.8, 4) is 0 Å². The van der Waals surface area contributed by atoms with Crippen LogP contribution in [0.3, 0.4) is 0 Å². The standard InChI is InChI=1S/C11H11N3O4S2/c1-7-2-4-8(5-3-7)13-20(17,18)10-6-9(14(15)16)11(12)19-10/h2-6,13H,12H2,1H3. The van der Waals surface area contributed by atoms with E-state index in [1.807, 2.05) is 6.92 Å². The Kier molecular flexibility index (Phi) is 3.64. The van der Waals surface area contributed by atoms with Crippen molar-refractivity contribution in [1.82, 2.24) is 0 Å². The number of hydrogen-bond donors (Lipinski definition) is 2. The summed E-state index contributed by atoms with van der Waals surface area (Å²) in [5.41, 5.74) is 6.40. The van der Waals surface area contributed by atoms with Crippen LogP contribution in [-0.2, 0) is 10.0 Å². The van der Waals surface area contributed by atoms with Crippen molar-refractivity contribution in [2.75, 3.05) is 10.5 Å². The highest BCUT2D eigenvalue weighted by molar-refractivity contribution is 7.94. The third-order valence-corrected chi connectivity index (χ3v) is 5.29. The quantitative estimate of drug-likeness (QED) is 0.664. The Labute approximate surface area is 119 Å². The van der Waals surface area contributed by atoms with Crippen LogP contribution in [0.4, 0.5) is 16.4 Å². The Bertz CT molecular complexity index is 750. The molecule has 0 aliphatic heterocycles. The molecule has 9 heteroatoms. The normalized spacial score (nSPS) is 11.2. The fourth-order valence-electron chi connectivity index (χ4n) is 1.48. The zero-order chi connectivity index (χ0) is 14.9. The molecule has 2 aromatic rings. The third kappa shape index (κ3) is 2.89. The molecule has 0 aliphatic carbocycles. The highest BCUT2D eigenvalue weighted by Crippen LogP contribution is 2.35. The Hall–Kier alpha value is -2.13. The lowest BCUT2D eigenvalue weighted by Gasteiger charge is -2.05. The molecular weight excluding hydrogens is 302 g/mol. The number of anilines is 2. The largest absolute Gasteiger partial charge is 0.385 e. The first-order valence-electron chi connectivity index (χ1n) is 5.43. The van der Waals surface area contributed by atoms with Gasteiger partial charge in [-0.05, 0) is 19.1 Å². The third-order valence-electron chi connectivity index (χ3n) is 2.48. The first-order valence-corrected chi connectivity index (χ1v) is 7.73. The van der Waals surface area contributed by atoms with E-state index in [2.05, 4.69) is 4.72 Å². The van der Waals surface area contributed by atoms with Gasteiger partial charge in [-0.1, -0.05) is 29.0 Å². The molecule has 0 saturated heterocycles. The van der Waals surface area contributed by atoms with Gasteiger partial charge >= 0.3 is 5.69 Å². The van der Waals surface area contributed by atoms with Gasteiger partial charge in [-0.25, -0.2) is 8.42 Å². The predicted molar refractivity (Wildman–Crippen MR) is 77.4 cm³/mol. The maximum Gasteiger partial charge on any atom is 0.304 e. The van der Waals surface area contributed by atoms with E-state index in [0.29, 0.717) is 17.0 Å². The van der Waals surface area contributed by atoms with Crippen molar-refractivity contribution in [3.05, 3.63) is 46.0 Å². The molecule has 2 rings (SSSR count). The van der Waals surface area contributed by atoms with Crippen LogP contribution in [0.25, 0.3) is 0 Å². The van der Waals surface area contributed by atoms with E-state index in [0.717, 1.165) is 11.6 Å². The number of nitrogen functional groups attached to an aromatic ring is 1. The Morgan fingerprint density at radius 1 is 1.30 bits per heavy atom. The van der Waals surface area contributed by atoms with E-state index in [9.17, 15) is 18.5 Å². The number of benzene rings is 1. The van der Waals surface area contributed by atoms with Crippen LogP contribution >= 0.6 is 11.3 Å². The zero-order valence-corrected chi connectivity index (χ0v) is 12.0. The average molecular weight is 313 g/mol. The Morgan fingerprint density at radius 2 is 1.90 bits per heavy atom. The molecule has 1 heterocycles. The second-order valence-corrected chi connectivity index (χ2v) is 7.04. The number of hydrogen-bond acceptors (Lipinski definition) is 6. The minimum Gasteiger partial charge on any atom is -0.385 e. The second kappa shape index (κ2) is 5.10. The van der Waals surface area contributed by atoms with Gasteiger partial charge in [0.05, 0.1) is 4.92 Å². The van der Waals surface area contributed by atoms with Gasteiger partial charge < -0.3 is 5.73 Å². The number of aryl methyl sites for hydroxylation is 1. The van der Waals surface area contributed by atoms with Gasteiger partial charge in [0.15, 0.2) is 5.00 Å². The Morgan fingerprint density at radius 3 is 2.40 bits per heavy atom. The summed E-state index contributed by atoms with van der Waals surface area (Å²) in [6.45, 7) is 1.88. The van der Waals surface area contributed by atoms with Gasteiger partial charge in [-0.3, -0.25) is 14.8 Å². The second-order valence-electron chi connectivity index (χ2n) is 4.04. The highest BCUT2D eigenvalue weighted by atomic mass is 32.2. The van der Waals surface area contributed by atoms with Crippen molar-refractivity contribution >= 4 is 37.7 Å². The van der Waals surface area contributed by atoms with Crippen LogP contribution in [0.1, 0.15) is 5.56 Å². The summed E-state index contributed by atoms with van der Waals surface area (Å²) < 4.78 is 26.3. The number of nitro groups is 1. The lowest BCUT2D eigenvalue weighted by molar-refractivity contribution is -0.383. The summed E-state index contributed by atoms with van der Waals surface area (Å²) in [6.07, 6.45) is 0. The van der Waals surface area contributed by atoms with Crippen LogP contribution in [0.15, 0.2) is 34.5 Å². The summed E-state index contributed by atoms with van der Waals surface area (Å²) in [4.78, 5) is 9.96. The maximum atomic E-state index is 12.1. The van der Waals surface area contributed by atoms with Crippen molar-refractivity contribution in [2.24, 2.45) is 0 Å². The number of thiophene rings is 1. The smallest absolute Gasteiger partial charge is 0.304 e. The molecule has 20 heavy (non-hydrogen) atoms. The molecular formula is C11H11N3O4S2. The van der Waals surface area contributed by atoms with Crippen LogP contribution in [0, 0.1) is 17.0 Å². The molecule has 0 spiro atoms. The van der Waals surface area contributed by atoms with E-state index in [-0.39, 0.29) is 9.21 Å². The van der Waals surface area contributed by atoms with Gasteiger partial charge in [-0.15, -0.1) is 0 Å². The van der Waals surface area contributed by atoms with Crippen molar-refractivity contribution in [2.45, 2.75) is 11.1 Å². The zero-order valence-electron chi connectivity index (χ0n) is 10.4. The molecule has 0 aliphatic rings. The molecule has 0 radical (unpaired) electrons. The van der Waals surface area contributed by atoms with Gasteiger partial charge in [0.2, 0.25) is 0 Å². The topological polar surface area (TPSA) is 115 Å². The number of nitrogens with zero attached hydrogens (tertiary/aromatic N) is 1. The fourth-order valence-corrected chi connectivity index (χ4v) is 3.75. The first kappa shape index (κ1) is 14.3. The maximum absolute atomic E-state index is 12.1. The summed E-state index contributed by atoms with van der Waals surface area (Å²) >= 11 is 0.658. The number of rotatable bonds is 4. The van der Waals surface area contributed by atoms with Crippen LogP contribution < -0.4 is 10.5 Å². The molecule has 0 bridgehead atoms. The van der Waals surface area contributed by atoms with Gasteiger partial charge in [0.1, 0.15) is 4.21 Å². The molecule has 0 amide bonds.